The number of methoxy groups -OCH3 is 1. The van der Waals surface area contributed by atoms with Crippen LogP contribution in [0.25, 0.3) is 10.9 Å². The number of H-pyrrole nitrogens is 1. The van der Waals surface area contributed by atoms with E-state index in [2.05, 4.69) is 15.6 Å². The van der Waals surface area contributed by atoms with E-state index < -0.39 is 36.3 Å². The molecular weight excluding hydrogens is 476 g/mol. The molecule has 3 unspecified atom stereocenters. The number of hydrogen-bond acceptors (Lipinski definition) is 6. The Morgan fingerprint density at radius 2 is 2.00 bits per heavy atom. The number of aromatic nitrogens is 1. The normalized spacial score (nSPS) is 19.4. The molecule has 0 radical (unpaired) electrons. The first-order valence-electron chi connectivity index (χ1n) is 12.2. The van der Waals surface area contributed by atoms with E-state index in [0.717, 1.165) is 16.5 Å². The first-order valence-corrected chi connectivity index (χ1v) is 12.2. The van der Waals surface area contributed by atoms with E-state index in [-0.39, 0.29) is 24.8 Å². The number of aromatic amines is 1. The van der Waals surface area contributed by atoms with Crippen molar-refractivity contribution >= 4 is 34.4 Å². The highest BCUT2D eigenvalue weighted by Gasteiger charge is 2.41. The molecule has 0 aliphatic carbocycles. The molecule has 1 fully saturated rings. The third kappa shape index (κ3) is 4.55. The average Bonchev–Trinajstić information content (AvgIpc) is 3.63. The van der Waals surface area contributed by atoms with Crippen molar-refractivity contribution in [2.24, 2.45) is 5.92 Å². The van der Waals surface area contributed by atoms with Gasteiger partial charge in [-0.2, -0.15) is 0 Å². The van der Waals surface area contributed by atoms with Crippen LogP contribution in [0.4, 0.5) is 0 Å². The Labute approximate surface area is 213 Å². The van der Waals surface area contributed by atoms with Gasteiger partial charge in [0, 0.05) is 29.9 Å². The molecule has 5 rings (SSSR count). The van der Waals surface area contributed by atoms with Crippen molar-refractivity contribution in [1.29, 1.82) is 0 Å². The fourth-order valence-electron chi connectivity index (χ4n) is 5.22. The molecule has 10 nitrogen and oxygen atoms in total. The Balaban J connectivity index is 1.44. The number of ketones is 1. The summed E-state index contributed by atoms with van der Waals surface area (Å²) in [5.74, 6) is -1.50. The maximum absolute atomic E-state index is 13.7. The molecule has 3 aromatic rings. The zero-order valence-corrected chi connectivity index (χ0v) is 20.3. The summed E-state index contributed by atoms with van der Waals surface area (Å²) in [5, 5.41) is 15.7. The first kappa shape index (κ1) is 24.5. The maximum Gasteiger partial charge on any atom is 0.271 e. The number of benzene rings is 2. The first-order chi connectivity index (χ1) is 17.9. The number of rotatable bonds is 8. The third-order valence-corrected chi connectivity index (χ3v) is 7.13. The van der Waals surface area contributed by atoms with Crippen LogP contribution in [0.5, 0.6) is 5.75 Å². The van der Waals surface area contributed by atoms with Crippen LogP contribution < -0.4 is 15.4 Å². The van der Waals surface area contributed by atoms with Gasteiger partial charge in [-0.3, -0.25) is 19.2 Å². The minimum absolute atomic E-state index is 0.0844. The van der Waals surface area contributed by atoms with Crippen molar-refractivity contribution in [3.63, 3.8) is 0 Å². The van der Waals surface area contributed by atoms with Gasteiger partial charge in [0.2, 0.25) is 11.8 Å². The number of carbonyl (C=O) groups excluding carboxylic acids is 4. The number of fused-ring (bicyclic) bond motifs is 2. The van der Waals surface area contributed by atoms with Crippen molar-refractivity contribution < 1.29 is 29.0 Å². The number of ether oxygens (including phenoxy) is 1. The molecule has 2 aliphatic rings. The lowest BCUT2D eigenvalue weighted by atomic mass is 9.95. The Bertz CT molecular complexity index is 1380. The summed E-state index contributed by atoms with van der Waals surface area (Å²) in [6.07, 6.45) is 0.631. The van der Waals surface area contributed by atoms with Crippen LogP contribution in [0, 0.1) is 5.92 Å². The van der Waals surface area contributed by atoms with Crippen molar-refractivity contribution in [3.05, 3.63) is 65.4 Å². The lowest BCUT2D eigenvalue weighted by Gasteiger charge is -2.27. The Morgan fingerprint density at radius 3 is 2.73 bits per heavy atom. The number of aliphatic hydroxyl groups is 1. The highest BCUT2D eigenvalue weighted by atomic mass is 16.5. The molecule has 1 aromatic heterocycles. The van der Waals surface area contributed by atoms with Gasteiger partial charge in [-0.05, 0) is 42.2 Å². The van der Waals surface area contributed by atoms with E-state index in [0.29, 0.717) is 30.0 Å². The molecule has 4 N–H and O–H groups in total. The smallest absolute Gasteiger partial charge is 0.271 e. The van der Waals surface area contributed by atoms with Gasteiger partial charge in [-0.25, -0.2) is 0 Å². The zero-order valence-electron chi connectivity index (χ0n) is 20.3. The van der Waals surface area contributed by atoms with Gasteiger partial charge < -0.3 is 30.4 Å². The minimum atomic E-state index is -1.05. The van der Waals surface area contributed by atoms with E-state index in [9.17, 15) is 24.3 Å². The third-order valence-electron chi connectivity index (χ3n) is 7.13. The highest BCUT2D eigenvalue weighted by Crippen LogP contribution is 2.36. The van der Waals surface area contributed by atoms with Gasteiger partial charge in [0.05, 0.1) is 13.2 Å². The quantitative estimate of drug-likeness (QED) is 0.366. The summed E-state index contributed by atoms with van der Waals surface area (Å²) in [4.78, 5) is 56.5. The molecule has 0 bridgehead atoms. The van der Waals surface area contributed by atoms with Gasteiger partial charge >= 0.3 is 0 Å². The predicted molar refractivity (Wildman–Crippen MR) is 134 cm³/mol. The Morgan fingerprint density at radius 1 is 1.19 bits per heavy atom. The number of Topliss-reactive ketones (excluding diaryl/α,β-unsaturated/α-hetero) is 1. The highest BCUT2D eigenvalue weighted by molar-refractivity contribution is 6.02. The van der Waals surface area contributed by atoms with E-state index in [1.807, 2.05) is 24.3 Å². The summed E-state index contributed by atoms with van der Waals surface area (Å²) in [6.45, 7) is -0.0473. The number of carbonyl (C=O) groups is 4. The van der Waals surface area contributed by atoms with Crippen LogP contribution in [0.2, 0.25) is 0 Å². The van der Waals surface area contributed by atoms with Crippen molar-refractivity contribution in [2.45, 2.75) is 31.5 Å². The molecule has 1 saturated heterocycles. The number of hydrogen-bond donors (Lipinski definition) is 4. The lowest BCUT2D eigenvalue weighted by Crippen LogP contribution is -2.48. The van der Waals surface area contributed by atoms with Gasteiger partial charge in [-0.1, -0.05) is 30.3 Å². The average molecular weight is 505 g/mol. The summed E-state index contributed by atoms with van der Waals surface area (Å²) >= 11 is 0. The van der Waals surface area contributed by atoms with Gasteiger partial charge in [0.1, 0.15) is 24.1 Å². The van der Waals surface area contributed by atoms with Crippen LogP contribution in [-0.2, 0) is 20.9 Å². The Hall–Kier alpha value is -4.18. The second-order valence-corrected chi connectivity index (χ2v) is 9.34. The number of amides is 3. The lowest BCUT2D eigenvalue weighted by molar-refractivity contribution is -0.132. The monoisotopic (exact) mass is 504 g/mol. The summed E-state index contributed by atoms with van der Waals surface area (Å²) in [6, 6.07) is 12.4. The topological polar surface area (TPSA) is 141 Å². The van der Waals surface area contributed by atoms with Gasteiger partial charge in [0.15, 0.2) is 5.78 Å². The SMILES string of the molecule is COc1cccc2[nH]c(C(=O)N3Cc4ccccc4C3C(=O)NC(CC3CCNC3=O)C(=O)CO)cc12. The molecule has 2 aromatic carbocycles. The standard InChI is InChI=1S/C27H28N4O6/c1-37-23-8-4-7-19-18(23)12-21(29-19)27(36)31-13-16-5-2-3-6-17(16)24(31)26(35)30-20(22(33)14-32)11-15-9-10-28-25(15)34/h2-8,12,15,20,24,29,32H,9-11,13-14H2,1H3,(H,28,34)(H,30,35). The molecule has 3 heterocycles. The van der Waals surface area contributed by atoms with Gasteiger partial charge in [-0.15, -0.1) is 0 Å². The fourth-order valence-corrected chi connectivity index (χ4v) is 5.22. The molecular formula is C27H28N4O6. The molecule has 0 saturated carbocycles. The van der Waals surface area contributed by atoms with E-state index in [1.165, 1.54) is 4.90 Å². The molecule has 3 atom stereocenters. The molecule has 10 heteroatoms. The minimum Gasteiger partial charge on any atom is -0.496 e. The fraction of sp³-hybridized carbons (Fsp3) is 0.333. The number of nitrogens with one attached hydrogen (secondary N) is 3. The van der Waals surface area contributed by atoms with Crippen molar-refractivity contribution in [3.8, 4) is 5.75 Å². The predicted octanol–water partition coefficient (Wildman–Crippen LogP) is 1.45. The second kappa shape index (κ2) is 10.1. The largest absolute Gasteiger partial charge is 0.496 e. The van der Waals surface area contributed by atoms with Crippen LogP contribution in [0.15, 0.2) is 48.5 Å². The molecule has 0 spiro atoms. The van der Waals surface area contributed by atoms with Crippen molar-refractivity contribution in [2.75, 3.05) is 20.3 Å². The molecule has 192 valence electrons. The van der Waals surface area contributed by atoms with Crippen molar-refractivity contribution in [1.82, 2.24) is 20.5 Å². The summed E-state index contributed by atoms with van der Waals surface area (Å²) in [5.41, 5.74) is 2.51. The zero-order chi connectivity index (χ0) is 26.1. The molecule has 2 aliphatic heterocycles. The van der Waals surface area contributed by atoms with E-state index in [4.69, 9.17) is 4.74 Å². The number of aliphatic hydroxyl groups excluding tert-OH is 1. The summed E-state index contributed by atoms with van der Waals surface area (Å²) in [7, 11) is 1.56. The van der Waals surface area contributed by atoms with Crippen LogP contribution in [0.3, 0.4) is 0 Å². The van der Waals surface area contributed by atoms with Gasteiger partial charge in [0.25, 0.3) is 5.91 Å². The van der Waals surface area contributed by atoms with Crippen LogP contribution in [0.1, 0.15) is 40.5 Å². The van der Waals surface area contributed by atoms with Crippen LogP contribution in [-0.4, -0.2) is 64.8 Å². The van der Waals surface area contributed by atoms with E-state index >= 15 is 0 Å². The maximum atomic E-state index is 13.7. The second-order valence-electron chi connectivity index (χ2n) is 9.34. The molecule has 3 amide bonds. The molecule has 37 heavy (non-hydrogen) atoms. The Kier molecular flexibility index (Phi) is 6.66. The van der Waals surface area contributed by atoms with E-state index in [1.54, 1.807) is 31.4 Å². The van der Waals surface area contributed by atoms with Crippen LogP contribution >= 0.6 is 0 Å². The number of nitrogens with zero attached hydrogens (tertiary/aromatic N) is 1. The summed E-state index contributed by atoms with van der Waals surface area (Å²) < 4.78 is 5.41.